The normalized spacial score (nSPS) is 14.7. The number of phenols is 1. The average molecular weight is 312 g/mol. The van der Waals surface area contributed by atoms with Crippen molar-refractivity contribution in [3.8, 4) is 5.75 Å². The standard InChI is InChI=1S/C13H14ClN3O4/c14-9-1-2-11(19)10(7-9)15-12(20)13(21)17-5-3-16(8-18)4-6-17/h1-2,7-8,19H,3-6H2,(H,15,20). The Morgan fingerprint density at radius 1 is 1.24 bits per heavy atom. The van der Waals surface area contributed by atoms with Gasteiger partial charge in [0.05, 0.1) is 5.69 Å². The average Bonchev–Trinajstić information content (AvgIpc) is 2.50. The van der Waals surface area contributed by atoms with Crippen LogP contribution >= 0.6 is 11.6 Å². The minimum absolute atomic E-state index is 0.0763. The second kappa shape index (κ2) is 6.45. The number of anilines is 1. The molecular formula is C13H14ClN3O4. The summed E-state index contributed by atoms with van der Waals surface area (Å²) in [6, 6.07) is 4.14. The van der Waals surface area contributed by atoms with Gasteiger partial charge in [0, 0.05) is 31.2 Å². The van der Waals surface area contributed by atoms with Gasteiger partial charge in [0.25, 0.3) is 0 Å². The zero-order chi connectivity index (χ0) is 15.4. The van der Waals surface area contributed by atoms with Gasteiger partial charge in [-0.15, -0.1) is 0 Å². The fraction of sp³-hybridized carbons (Fsp3) is 0.308. The van der Waals surface area contributed by atoms with Crippen LogP contribution in [0.3, 0.4) is 0 Å². The monoisotopic (exact) mass is 311 g/mol. The van der Waals surface area contributed by atoms with Crippen LogP contribution in [-0.2, 0) is 14.4 Å². The minimum atomic E-state index is -0.855. The van der Waals surface area contributed by atoms with E-state index in [1.165, 1.54) is 28.0 Å². The summed E-state index contributed by atoms with van der Waals surface area (Å²) in [5.74, 6) is -1.74. The summed E-state index contributed by atoms with van der Waals surface area (Å²) in [7, 11) is 0. The van der Waals surface area contributed by atoms with E-state index in [2.05, 4.69) is 5.32 Å². The Labute approximate surface area is 126 Å². The highest BCUT2D eigenvalue weighted by molar-refractivity contribution is 6.40. The Hall–Kier alpha value is -2.28. The van der Waals surface area contributed by atoms with Crippen LogP contribution in [0.15, 0.2) is 18.2 Å². The van der Waals surface area contributed by atoms with Crippen LogP contribution in [-0.4, -0.2) is 59.3 Å². The number of phenolic OH excluding ortho intramolecular Hbond substituents is 1. The fourth-order valence-electron chi connectivity index (χ4n) is 1.96. The molecule has 0 radical (unpaired) electrons. The number of carbonyl (C=O) groups is 3. The van der Waals surface area contributed by atoms with Crippen molar-refractivity contribution in [1.29, 1.82) is 0 Å². The summed E-state index contributed by atoms with van der Waals surface area (Å²) in [6.07, 6.45) is 0.714. The largest absolute Gasteiger partial charge is 0.506 e. The predicted molar refractivity (Wildman–Crippen MR) is 76.0 cm³/mol. The van der Waals surface area contributed by atoms with Crippen LogP contribution in [0.4, 0.5) is 5.69 Å². The maximum atomic E-state index is 12.0. The SMILES string of the molecule is O=CN1CCN(C(=O)C(=O)Nc2cc(Cl)ccc2O)CC1. The topological polar surface area (TPSA) is 90.0 Å². The predicted octanol–water partition coefficient (Wildman–Crippen LogP) is 0.285. The van der Waals surface area contributed by atoms with Crippen molar-refractivity contribution in [3.63, 3.8) is 0 Å². The van der Waals surface area contributed by atoms with Gasteiger partial charge < -0.3 is 20.2 Å². The third-order valence-electron chi connectivity index (χ3n) is 3.15. The van der Waals surface area contributed by atoms with Gasteiger partial charge in [0.15, 0.2) is 0 Å². The number of carbonyl (C=O) groups excluding carboxylic acids is 3. The van der Waals surface area contributed by atoms with E-state index < -0.39 is 11.8 Å². The first-order valence-corrected chi connectivity index (χ1v) is 6.67. The van der Waals surface area contributed by atoms with Gasteiger partial charge in [-0.05, 0) is 18.2 Å². The molecule has 2 rings (SSSR count). The van der Waals surface area contributed by atoms with Crippen molar-refractivity contribution in [2.45, 2.75) is 0 Å². The zero-order valence-electron chi connectivity index (χ0n) is 11.1. The van der Waals surface area contributed by atoms with Gasteiger partial charge in [-0.2, -0.15) is 0 Å². The Morgan fingerprint density at radius 2 is 1.90 bits per heavy atom. The fourth-order valence-corrected chi connectivity index (χ4v) is 2.13. The van der Waals surface area contributed by atoms with Crippen LogP contribution in [0.25, 0.3) is 0 Å². The molecule has 1 aliphatic heterocycles. The van der Waals surface area contributed by atoms with Gasteiger partial charge in [-0.3, -0.25) is 14.4 Å². The van der Waals surface area contributed by atoms with Crippen molar-refractivity contribution in [2.75, 3.05) is 31.5 Å². The quantitative estimate of drug-likeness (QED) is 0.466. The first-order chi connectivity index (χ1) is 10.0. The van der Waals surface area contributed by atoms with E-state index in [4.69, 9.17) is 11.6 Å². The number of rotatable bonds is 2. The highest BCUT2D eigenvalue weighted by atomic mass is 35.5. The number of halogens is 1. The molecule has 0 aromatic heterocycles. The lowest BCUT2D eigenvalue weighted by molar-refractivity contribution is -0.144. The molecule has 7 nitrogen and oxygen atoms in total. The summed E-state index contributed by atoms with van der Waals surface area (Å²) in [5, 5.41) is 12.3. The van der Waals surface area contributed by atoms with E-state index in [9.17, 15) is 19.5 Å². The Morgan fingerprint density at radius 3 is 2.52 bits per heavy atom. The zero-order valence-corrected chi connectivity index (χ0v) is 11.8. The lowest BCUT2D eigenvalue weighted by Gasteiger charge is -2.31. The number of piperazine rings is 1. The van der Waals surface area contributed by atoms with E-state index in [1.54, 1.807) is 0 Å². The van der Waals surface area contributed by atoms with Gasteiger partial charge in [0.1, 0.15) is 5.75 Å². The second-order valence-electron chi connectivity index (χ2n) is 4.55. The molecule has 1 aromatic carbocycles. The number of nitrogens with one attached hydrogen (secondary N) is 1. The first kappa shape index (κ1) is 15.1. The molecule has 0 bridgehead atoms. The Balaban J connectivity index is 1.98. The molecule has 2 N–H and O–H groups in total. The molecule has 1 aromatic rings. The Bertz CT molecular complexity index is 571. The number of hydrogen-bond donors (Lipinski definition) is 2. The molecule has 1 aliphatic rings. The maximum absolute atomic E-state index is 12.0. The molecular weight excluding hydrogens is 298 g/mol. The van der Waals surface area contributed by atoms with Crippen molar-refractivity contribution in [3.05, 3.63) is 23.2 Å². The smallest absolute Gasteiger partial charge is 0.314 e. The van der Waals surface area contributed by atoms with E-state index in [-0.39, 0.29) is 11.4 Å². The van der Waals surface area contributed by atoms with Crippen molar-refractivity contribution in [1.82, 2.24) is 9.80 Å². The van der Waals surface area contributed by atoms with Crippen LogP contribution in [0.2, 0.25) is 5.02 Å². The number of aromatic hydroxyl groups is 1. The molecule has 0 spiro atoms. The van der Waals surface area contributed by atoms with Gasteiger partial charge >= 0.3 is 11.8 Å². The van der Waals surface area contributed by atoms with Gasteiger partial charge in [-0.25, -0.2) is 0 Å². The molecule has 0 aliphatic carbocycles. The van der Waals surface area contributed by atoms with Gasteiger partial charge in [0.2, 0.25) is 6.41 Å². The molecule has 1 saturated heterocycles. The molecule has 1 fully saturated rings. The molecule has 112 valence electrons. The summed E-state index contributed by atoms with van der Waals surface area (Å²) >= 11 is 5.76. The van der Waals surface area contributed by atoms with E-state index in [1.807, 2.05) is 0 Å². The van der Waals surface area contributed by atoms with Crippen LogP contribution in [0.1, 0.15) is 0 Å². The molecule has 0 saturated carbocycles. The number of hydrogen-bond acceptors (Lipinski definition) is 4. The van der Waals surface area contributed by atoms with Crippen LogP contribution in [0.5, 0.6) is 5.75 Å². The number of nitrogens with zero attached hydrogens (tertiary/aromatic N) is 2. The summed E-state index contributed by atoms with van der Waals surface area (Å²) in [4.78, 5) is 37.3. The second-order valence-corrected chi connectivity index (χ2v) is 4.99. The maximum Gasteiger partial charge on any atom is 0.314 e. The highest BCUT2D eigenvalue weighted by Gasteiger charge is 2.26. The molecule has 8 heteroatoms. The third kappa shape index (κ3) is 3.63. The first-order valence-electron chi connectivity index (χ1n) is 6.29. The molecule has 3 amide bonds. The van der Waals surface area contributed by atoms with E-state index in [0.29, 0.717) is 37.6 Å². The Kier molecular flexibility index (Phi) is 4.64. The summed E-state index contributed by atoms with van der Waals surface area (Å²) in [5.41, 5.74) is 0.0763. The summed E-state index contributed by atoms with van der Waals surface area (Å²) < 4.78 is 0. The van der Waals surface area contributed by atoms with E-state index in [0.717, 1.165) is 0 Å². The van der Waals surface area contributed by atoms with Crippen molar-refractivity contribution < 1.29 is 19.5 Å². The van der Waals surface area contributed by atoms with E-state index >= 15 is 0 Å². The van der Waals surface area contributed by atoms with Crippen molar-refractivity contribution >= 4 is 35.5 Å². The molecule has 1 heterocycles. The number of amides is 3. The highest BCUT2D eigenvalue weighted by Crippen LogP contribution is 2.26. The third-order valence-corrected chi connectivity index (χ3v) is 3.39. The van der Waals surface area contributed by atoms with Crippen molar-refractivity contribution in [2.24, 2.45) is 0 Å². The minimum Gasteiger partial charge on any atom is -0.506 e. The lowest BCUT2D eigenvalue weighted by atomic mass is 10.2. The molecule has 21 heavy (non-hydrogen) atoms. The lowest BCUT2D eigenvalue weighted by Crippen LogP contribution is -2.51. The summed E-state index contributed by atoms with van der Waals surface area (Å²) in [6.45, 7) is 1.38. The molecule has 0 unspecified atom stereocenters. The molecule has 0 atom stereocenters. The van der Waals surface area contributed by atoms with Crippen LogP contribution in [0, 0.1) is 0 Å². The van der Waals surface area contributed by atoms with Crippen LogP contribution < -0.4 is 5.32 Å². The van der Waals surface area contributed by atoms with Gasteiger partial charge in [-0.1, -0.05) is 11.6 Å². The number of benzene rings is 1.